The number of ether oxygens (including phenoxy) is 1. The minimum absolute atomic E-state index is 0.0743. The van der Waals surface area contributed by atoms with E-state index in [1.54, 1.807) is 0 Å². The van der Waals surface area contributed by atoms with Crippen molar-refractivity contribution in [3.8, 4) is 0 Å². The van der Waals surface area contributed by atoms with Crippen molar-refractivity contribution in [1.29, 1.82) is 0 Å². The molecule has 1 N–H and O–H groups in total. The van der Waals surface area contributed by atoms with E-state index >= 15 is 0 Å². The molecule has 0 saturated carbocycles. The molecule has 0 radical (unpaired) electrons. The molecule has 2 amide bonds. The van der Waals surface area contributed by atoms with Crippen molar-refractivity contribution in [1.82, 2.24) is 9.80 Å². The summed E-state index contributed by atoms with van der Waals surface area (Å²) in [6.45, 7) is 10.7. The molecule has 0 bridgehead atoms. The van der Waals surface area contributed by atoms with Crippen LogP contribution >= 0.6 is 0 Å². The third-order valence-electron chi connectivity index (χ3n) is 4.15. The Morgan fingerprint density at radius 2 is 1.58 bits per heavy atom. The molecule has 5 heteroatoms. The first-order chi connectivity index (χ1) is 8.74. The zero-order chi connectivity index (χ0) is 14.3. The Morgan fingerprint density at radius 3 is 2.05 bits per heavy atom. The molecular weight excluding hydrogens is 244 g/mol. The second-order valence-corrected chi connectivity index (χ2v) is 6.90. The number of carbonyl (C=O) groups is 1. The summed E-state index contributed by atoms with van der Waals surface area (Å²) in [5.41, 5.74) is -0.646. The van der Waals surface area contributed by atoms with Gasteiger partial charge in [0.05, 0.1) is 19.3 Å². The molecule has 2 aliphatic rings. The molecule has 0 unspecified atom stereocenters. The van der Waals surface area contributed by atoms with Gasteiger partial charge in [0, 0.05) is 24.2 Å². The van der Waals surface area contributed by atoms with Gasteiger partial charge in [0.25, 0.3) is 0 Å². The lowest BCUT2D eigenvalue weighted by Gasteiger charge is -2.55. The van der Waals surface area contributed by atoms with Gasteiger partial charge >= 0.3 is 6.03 Å². The number of amides is 2. The van der Waals surface area contributed by atoms with E-state index in [0.717, 1.165) is 0 Å². The van der Waals surface area contributed by atoms with Crippen molar-refractivity contribution in [2.45, 2.75) is 57.7 Å². The van der Waals surface area contributed by atoms with Gasteiger partial charge < -0.3 is 19.6 Å². The molecule has 0 aromatic heterocycles. The second kappa shape index (κ2) is 4.94. The predicted octanol–water partition coefficient (Wildman–Crippen LogP) is 1.45. The highest BCUT2D eigenvalue weighted by Crippen LogP contribution is 2.39. The molecule has 2 aliphatic heterocycles. The fraction of sp³-hybridized carbons (Fsp3) is 0.929. The van der Waals surface area contributed by atoms with E-state index in [4.69, 9.17) is 4.74 Å². The van der Waals surface area contributed by atoms with Crippen LogP contribution in [0.3, 0.4) is 0 Å². The number of piperidine rings is 1. The molecule has 2 heterocycles. The average molecular weight is 270 g/mol. The number of likely N-dealkylation sites (tertiary alicyclic amines) is 1. The first kappa shape index (κ1) is 14.6. The third kappa shape index (κ3) is 2.87. The van der Waals surface area contributed by atoms with Gasteiger partial charge in [-0.05, 0) is 40.5 Å². The number of rotatable bonds is 0. The molecule has 0 atom stereocenters. The maximum atomic E-state index is 12.8. The van der Waals surface area contributed by atoms with E-state index < -0.39 is 0 Å². The molecule has 2 saturated heterocycles. The average Bonchev–Trinajstić information content (AvgIpc) is 2.26. The number of urea groups is 1. The lowest BCUT2D eigenvalue weighted by Crippen LogP contribution is -2.67. The fourth-order valence-corrected chi connectivity index (χ4v) is 3.64. The lowest BCUT2D eigenvalue weighted by atomic mass is 9.78. The molecule has 2 rings (SSSR count). The number of hydrogen-bond donors (Lipinski definition) is 1. The summed E-state index contributed by atoms with van der Waals surface area (Å²) in [7, 11) is 0. The highest BCUT2D eigenvalue weighted by atomic mass is 16.5. The van der Waals surface area contributed by atoms with Crippen LogP contribution in [0.15, 0.2) is 0 Å². The van der Waals surface area contributed by atoms with Gasteiger partial charge in [-0.1, -0.05) is 0 Å². The Hall–Kier alpha value is -0.810. The maximum absolute atomic E-state index is 12.8. The van der Waals surface area contributed by atoms with Crippen LogP contribution in [-0.4, -0.2) is 64.4 Å². The maximum Gasteiger partial charge on any atom is 0.321 e. The number of morpholine rings is 1. The zero-order valence-electron chi connectivity index (χ0n) is 12.5. The van der Waals surface area contributed by atoms with Crippen LogP contribution in [0.5, 0.6) is 0 Å². The van der Waals surface area contributed by atoms with E-state index in [-0.39, 0.29) is 23.2 Å². The summed E-state index contributed by atoms with van der Waals surface area (Å²) < 4.78 is 5.31. The number of carbonyl (C=O) groups excluding carboxylic acids is 1. The second-order valence-electron chi connectivity index (χ2n) is 6.90. The van der Waals surface area contributed by atoms with E-state index in [9.17, 15) is 9.90 Å². The van der Waals surface area contributed by atoms with Crippen LogP contribution in [0, 0.1) is 0 Å². The molecule has 2 fully saturated rings. The lowest BCUT2D eigenvalue weighted by molar-refractivity contribution is -0.0644. The number of aliphatic hydroxyl groups excluding tert-OH is 1. The standard InChI is InChI=1S/C14H26N2O3/c1-13(2)9-11(17)10-14(3,4)16(13)12(18)15-5-7-19-8-6-15/h11,17H,5-10H2,1-4H3. The van der Waals surface area contributed by atoms with Gasteiger partial charge in [0.1, 0.15) is 0 Å². The van der Waals surface area contributed by atoms with Gasteiger partial charge in [0.15, 0.2) is 0 Å². The highest BCUT2D eigenvalue weighted by Gasteiger charge is 2.48. The fourth-order valence-electron chi connectivity index (χ4n) is 3.64. The Labute approximate surface area is 115 Å². The first-order valence-corrected chi connectivity index (χ1v) is 7.09. The minimum Gasteiger partial charge on any atom is -0.393 e. The zero-order valence-corrected chi connectivity index (χ0v) is 12.5. The Bertz CT molecular complexity index is 331. The van der Waals surface area contributed by atoms with Crippen molar-refractivity contribution in [3.63, 3.8) is 0 Å². The largest absolute Gasteiger partial charge is 0.393 e. The SMILES string of the molecule is CC1(C)CC(O)CC(C)(C)N1C(=O)N1CCOCC1. The Balaban J connectivity index is 2.21. The van der Waals surface area contributed by atoms with Crippen molar-refractivity contribution in [2.24, 2.45) is 0 Å². The van der Waals surface area contributed by atoms with Crippen LogP contribution < -0.4 is 0 Å². The van der Waals surface area contributed by atoms with Crippen molar-refractivity contribution < 1.29 is 14.6 Å². The van der Waals surface area contributed by atoms with Gasteiger partial charge in [0.2, 0.25) is 0 Å². The Morgan fingerprint density at radius 1 is 1.11 bits per heavy atom. The van der Waals surface area contributed by atoms with Crippen LogP contribution in [0.2, 0.25) is 0 Å². The van der Waals surface area contributed by atoms with Crippen LogP contribution in [0.4, 0.5) is 4.79 Å². The van der Waals surface area contributed by atoms with Crippen LogP contribution in [-0.2, 0) is 4.74 Å². The monoisotopic (exact) mass is 270 g/mol. The Kier molecular flexibility index (Phi) is 3.80. The van der Waals surface area contributed by atoms with Gasteiger partial charge in [-0.25, -0.2) is 4.79 Å². The molecule has 19 heavy (non-hydrogen) atoms. The summed E-state index contributed by atoms with van der Waals surface area (Å²) in [6, 6.07) is 0.0743. The number of nitrogens with zero attached hydrogens (tertiary/aromatic N) is 2. The third-order valence-corrected chi connectivity index (χ3v) is 4.15. The molecule has 0 spiro atoms. The van der Waals surface area contributed by atoms with Crippen molar-refractivity contribution in [2.75, 3.05) is 26.3 Å². The minimum atomic E-state index is -0.335. The molecule has 0 aliphatic carbocycles. The molecule has 110 valence electrons. The molecule has 5 nitrogen and oxygen atoms in total. The quantitative estimate of drug-likeness (QED) is 0.725. The summed E-state index contributed by atoms with van der Waals surface area (Å²) in [4.78, 5) is 16.6. The summed E-state index contributed by atoms with van der Waals surface area (Å²) in [6.07, 6.45) is 0.928. The smallest absolute Gasteiger partial charge is 0.321 e. The van der Waals surface area contributed by atoms with Crippen molar-refractivity contribution in [3.05, 3.63) is 0 Å². The number of aliphatic hydroxyl groups is 1. The highest BCUT2D eigenvalue weighted by molar-refractivity contribution is 5.76. The normalized spacial score (nSPS) is 27.4. The summed E-state index contributed by atoms with van der Waals surface area (Å²) in [5, 5.41) is 10.0. The van der Waals surface area contributed by atoms with Crippen molar-refractivity contribution >= 4 is 6.03 Å². The molecule has 0 aromatic carbocycles. The van der Waals surface area contributed by atoms with Gasteiger partial charge in [-0.2, -0.15) is 0 Å². The first-order valence-electron chi connectivity index (χ1n) is 7.09. The van der Waals surface area contributed by atoms with E-state index in [2.05, 4.69) is 0 Å². The van der Waals surface area contributed by atoms with Crippen LogP contribution in [0.1, 0.15) is 40.5 Å². The van der Waals surface area contributed by atoms with E-state index in [1.165, 1.54) is 0 Å². The van der Waals surface area contributed by atoms with Gasteiger partial charge in [-0.15, -0.1) is 0 Å². The van der Waals surface area contributed by atoms with E-state index in [1.807, 2.05) is 37.5 Å². The van der Waals surface area contributed by atoms with Gasteiger partial charge in [-0.3, -0.25) is 0 Å². The van der Waals surface area contributed by atoms with Crippen LogP contribution in [0.25, 0.3) is 0 Å². The van der Waals surface area contributed by atoms with E-state index in [0.29, 0.717) is 39.1 Å². The summed E-state index contributed by atoms with van der Waals surface area (Å²) in [5.74, 6) is 0. The molecule has 0 aromatic rings. The number of hydrogen-bond acceptors (Lipinski definition) is 3. The molecular formula is C14H26N2O3. The topological polar surface area (TPSA) is 53.0 Å². The summed E-state index contributed by atoms with van der Waals surface area (Å²) >= 11 is 0. The predicted molar refractivity (Wildman–Crippen MR) is 73.0 cm³/mol.